The second kappa shape index (κ2) is 6.82. The third kappa shape index (κ3) is 2.97. The van der Waals surface area contributed by atoms with E-state index in [0.717, 1.165) is 35.3 Å². The Bertz CT molecular complexity index is 1070. The van der Waals surface area contributed by atoms with Gasteiger partial charge in [-0.3, -0.25) is 4.79 Å². The minimum atomic E-state index is -0.366. The van der Waals surface area contributed by atoms with Crippen LogP contribution in [-0.4, -0.2) is 30.4 Å². The minimum Gasteiger partial charge on any atom is -0.483 e. The summed E-state index contributed by atoms with van der Waals surface area (Å²) in [4.78, 5) is 14.1. The van der Waals surface area contributed by atoms with Crippen molar-refractivity contribution in [2.45, 2.75) is 38.3 Å². The summed E-state index contributed by atoms with van der Waals surface area (Å²) in [5, 5.41) is 17.1. The van der Waals surface area contributed by atoms with Gasteiger partial charge in [0.05, 0.1) is 17.3 Å². The zero-order chi connectivity index (χ0) is 20.0. The maximum atomic E-state index is 12.2. The van der Waals surface area contributed by atoms with E-state index in [1.807, 2.05) is 42.2 Å². The number of hydrogen-bond acceptors (Lipinski definition) is 6. The first-order chi connectivity index (χ1) is 14.1. The summed E-state index contributed by atoms with van der Waals surface area (Å²) < 4.78 is 5.98. The molecule has 1 amide bonds. The molecule has 1 fully saturated rings. The van der Waals surface area contributed by atoms with E-state index < -0.39 is 0 Å². The number of benzene rings is 2. The first-order valence-electron chi connectivity index (χ1n) is 9.87. The number of nitrogens with zero attached hydrogens (tertiary/aromatic N) is 3. The molecule has 29 heavy (non-hydrogen) atoms. The Balaban J connectivity index is 1.64. The molecule has 1 atom stereocenters. The lowest BCUT2D eigenvalue weighted by Gasteiger charge is -2.39. The van der Waals surface area contributed by atoms with Crippen LogP contribution in [0.5, 0.6) is 5.75 Å². The van der Waals surface area contributed by atoms with Gasteiger partial charge in [0.25, 0.3) is 5.91 Å². The Kier molecular flexibility index (Phi) is 4.13. The van der Waals surface area contributed by atoms with Crippen molar-refractivity contribution in [3.8, 4) is 22.9 Å². The summed E-state index contributed by atoms with van der Waals surface area (Å²) in [6, 6.07) is 13.9. The van der Waals surface area contributed by atoms with Crippen molar-refractivity contribution in [1.82, 2.24) is 5.43 Å². The second-order valence-corrected chi connectivity index (χ2v) is 7.67. The van der Waals surface area contributed by atoms with E-state index in [1.165, 1.54) is 6.42 Å². The zero-order valence-corrected chi connectivity index (χ0v) is 16.1. The van der Waals surface area contributed by atoms with Gasteiger partial charge in [-0.05, 0) is 56.0 Å². The van der Waals surface area contributed by atoms with Gasteiger partial charge in [0.15, 0.2) is 5.84 Å². The number of ether oxygens (including phenoxy) is 1. The highest BCUT2D eigenvalue weighted by atomic mass is 16.5. The highest BCUT2D eigenvalue weighted by Crippen LogP contribution is 2.43. The third-order valence-electron chi connectivity index (χ3n) is 5.82. The number of anilines is 2. The second-order valence-electron chi connectivity index (χ2n) is 7.67. The topological polar surface area (TPSA) is 89.7 Å². The van der Waals surface area contributed by atoms with E-state index in [4.69, 9.17) is 4.74 Å². The van der Waals surface area contributed by atoms with E-state index in [1.54, 1.807) is 6.07 Å². The Hall–Kier alpha value is -3.53. The van der Waals surface area contributed by atoms with Crippen molar-refractivity contribution in [2.24, 2.45) is 5.10 Å². The van der Waals surface area contributed by atoms with Gasteiger partial charge in [-0.1, -0.05) is 12.1 Å². The van der Waals surface area contributed by atoms with Crippen LogP contribution < -0.4 is 20.4 Å². The van der Waals surface area contributed by atoms with E-state index in [0.29, 0.717) is 29.8 Å². The minimum absolute atomic E-state index is 0.138. The molecule has 0 saturated heterocycles. The lowest BCUT2D eigenvalue weighted by molar-refractivity contribution is -0.122. The monoisotopic (exact) mass is 387 g/mol. The number of hydrogen-bond donors (Lipinski definition) is 2. The SMILES string of the molecule is CC1C(=O)NN=C2COc3cc(-c4cccc(C#N)c4)c(NC4CCC4)cc3N21. The van der Waals surface area contributed by atoms with Crippen LogP contribution in [0, 0.1) is 11.3 Å². The van der Waals surface area contributed by atoms with Crippen LogP contribution in [-0.2, 0) is 4.79 Å². The number of amidine groups is 1. The number of amides is 1. The van der Waals surface area contributed by atoms with Gasteiger partial charge in [0.1, 0.15) is 18.4 Å². The van der Waals surface area contributed by atoms with Crippen molar-refractivity contribution in [2.75, 3.05) is 16.8 Å². The van der Waals surface area contributed by atoms with Gasteiger partial charge in [-0.25, -0.2) is 5.43 Å². The molecule has 2 aromatic carbocycles. The number of nitrogens with one attached hydrogen (secondary N) is 2. The summed E-state index contributed by atoms with van der Waals surface area (Å²) in [5.41, 5.74) is 6.93. The molecule has 0 radical (unpaired) electrons. The van der Waals surface area contributed by atoms with Gasteiger partial charge in [0, 0.05) is 17.3 Å². The highest BCUT2D eigenvalue weighted by molar-refractivity contribution is 6.10. The van der Waals surface area contributed by atoms with Crippen molar-refractivity contribution in [1.29, 1.82) is 5.26 Å². The van der Waals surface area contributed by atoms with Crippen molar-refractivity contribution in [3.63, 3.8) is 0 Å². The number of carbonyl (C=O) groups is 1. The van der Waals surface area contributed by atoms with Crippen LogP contribution in [0.25, 0.3) is 11.1 Å². The van der Waals surface area contributed by atoms with E-state index in [2.05, 4.69) is 21.9 Å². The normalized spacial score (nSPS) is 20.3. The molecule has 1 aliphatic carbocycles. The molecule has 0 bridgehead atoms. The van der Waals surface area contributed by atoms with E-state index in [9.17, 15) is 10.1 Å². The van der Waals surface area contributed by atoms with Crippen LogP contribution in [0.3, 0.4) is 0 Å². The van der Waals surface area contributed by atoms with Crippen LogP contribution in [0.4, 0.5) is 11.4 Å². The lowest BCUT2D eigenvalue weighted by atomic mass is 9.91. The summed E-state index contributed by atoms with van der Waals surface area (Å²) in [5.74, 6) is 1.27. The van der Waals surface area contributed by atoms with Gasteiger partial charge >= 0.3 is 0 Å². The number of fused-ring (bicyclic) bond motifs is 3. The Labute approximate surface area is 169 Å². The molecule has 2 heterocycles. The Morgan fingerprint density at radius 3 is 2.93 bits per heavy atom. The molecule has 1 saturated carbocycles. The van der Waals surface area contributed by atoms with Crippen LogP contribution in [0.15, 0.2) is 41.5 Å². The highest BCUT2D eigenvalue weighted by Gasteiger charge is 2.36. The maximum Gasteiger partial charge on any atom is 0.262 e. The summed E-state index contributed by atoms with van der Waals surface area (Å²) in [6.07, 6.45) is 3.51. The van der Waals surface area contributed by atoms with Crippen LogP contribution in [0.1, 0.15) is 31.7 Å². The average molecular weight is 387 g/mol. The van der Waals surface area contributed by atoms with Crippen LogP contribution >= 0.6 is 0 Å². The maximum absolute atomic E-state index is 12.2. The predicted molar refractivity (Wildman–Crippen MR) is 111 cm³/mol. The van der Waals surface area contributed by atoms with Crippen molar-refractivity contribution >= 4 is 23.1 Å². The molecule has 0 spiro atoms. The van der Waals surface area contributed by atoms with Gasteiger partial charge < -0.3 is 15.0 Å². The molecule has 2 N–H and O–H groups in total. The molecule has 7 heteroatoms. The zero-order valence-electron chi connectivity index (χ0n) is 16.1. The van der Waals surface area contributed by atoms with Crippen LogP contribution in [0.2, 0.25) is 0 Å². The van der Waals surface area contributed by atoms with Crippen molar-refractivity contribution in [3.05, 3.63) is 42.0 Å². The standard InChI is InChI=1S/C22H21N5O2/c1-13-22(28)26-25-21-12-29-20-9-17(15-5-2-4-14(8-15)11-23)18(10-19(20)27(13)21)24-16-6-3-7-16/h2,4-5,8-10,13,16,24H,3,6-7,12H2,1H3,(H,26,28). The van der Waals surface area contributed by atoms with Gasteiger partial charge in [-0.15, -0.1) is 0 Å². The average Bonchev–Trinajstić information content (AvgIpc) is 2.72. The molecule has 7 nitrogen and oxygen atoms in total. The first kappa shape index (κ1) is 17.6. The molecular weight excluding hydrogens is 366 g/mol. The third-order valence-corrected chi connectivity index (χ3v) is 5.82. The van der Waals surface area contributed by atoms with Gasteiger partial charge in [0.2, 0.25) is 0 Å². The fourth-order valence-corrected chi connectivity index (χ4v) is 3.96. The van der Waals surface area contributed by atoms with Crippen molar-refractivity contribution < 1.29 is 9.53 Å². The smallest absolute Gasteiger partial charge is 0.262 e. The quantitative estimate of drug-likeness (QED) is 0.844. The fourth-order valence-electron chi connectivity index (χ4n) is 3.96. The number of nitriles is 1. The number of rotatable bonds is 3. The largest absolute Gasteiger partial charge is 0.483 e. The number of hydrazone groups is 1. The number of carbonyl (C=O) groups excluding carboxylic acids is 1. The molecule has 3 aliphatic rings. The molecule has 2 aromatic rings. The Morgan fingerprint density at radius 2 is 2.17 bits per heavy atom. The molecule has 146 valence electrons. The summed E-state index contributed by atoms with van der Waals surface area (Å²) in [6.45, 7) is 2.16. The fraction of sp³-hybridized carbons (Fsp3) is 0.318. The first-order valence-corrected chi connectivity index (χ1v) is 9.87. The molecule has 2 aliphatic heterocycles. The summed E-state index contributed by atoms with van der Waals surface area (Å²) in [7, 11) is 0. The molecule has 0 aromatic heterocycles. The van der Waals surface area contributed by atoms with Gasteiger partial charge in [-0.2, -0.15) is 10.4 Å². The van der Waals surface area contributed by atoms with E-state index in [-0.39, 0.29) is 11.9 Å². The lowest BCUT2D eigenvalue weighted by Crippen LogP contribution is -2.55. The Morgan fingerprint density at radius 1 is 1.31 bits per heavy atom. The molecule has 1 unspecified atom stereocenters. The predicted octanol–water partition coefficient (Wildman–Crippen LogP) is 3.22. The molecular formula is C22H21N5O2. The molecule has 5 rings (SSSR count). The van der Waals surface area contributed by atoms with E-state index >= 15 is 0 Å². The summed E-state index contributed by atoms with van der Waals surface area (Å²) >= 11 is 0.